The monoisotopic (exact) mass is 489 g/mol. The number of carbonyl (C=O) groups is 3. The lowest BCUT2D eigenvalue weighted by Crippen LogP contribution is -2.62. The van der Waals surface area contributed by atoms with E-state index in [1.807, 2.05) is 13.8 Å². The molecular weight excluding hydrogens is 458 g/mol. The molecular formula is C19H31N5O6S2. The van der Waals surface area contributed by atoms with E-state index in [1.54, 1.807) is 7.05 Å². The largest absolute Gasteiger partial charge is 0.477 e. The summed E-state index contributed by atoms with van der Waals surface area (Å²) in [6, 6.07) is -0.372. The number of fused-ring (bicyclic) bond motifs is 1. The molecule has 1 amide bonds. The number of nitrogens with zero attached hydrogens (tertiary/aromatic N) is 1. The van der Waals surface area contributed by atoms with Gasteiger partial charge < -0.3 is 20.6 Å². The number of rotatable bonds is 11. The summed E-state index contributed by atoms with van der Waals surface area (Å²) in [6.45, 7) is 4.78. The van der Waals surface area contributed by atoms with Crippen molar-refractivity contribution in [3.63, 3.8) is 0 Å². The Morgan fingerprint density at radius 3 is 2.69 bits per heavy atom. The normalized spacial score (nSPS) is 30.9. The molecule has 0 unspecified atom stereocenters. The van der Waals surface area contributed by atoms with Gasteiger partial charge in [-0.05, 0) is 19.4 Å². The van der Waals surface area contributed by atoms with Crippen molar-refractivity contribution in [3.05, 3.63) is 10.6 Å². The summed E-state index contributed by atoms with van der Waals surface area (Å²) in [5, 5.41) is 20.9. The molecule has 0 saturated carbocycles. The Balaban J connectivity index is 1.69. The van der Waals surface area contributed by atoms with Gasteiger partial charge in [0, 0.05) is 41.6 Å². The van der Waals surface area contributed by atoms with Crippen molar-refractivity contribution in [2.45, 2.75) is 44.0 Å². The van der Waals surface area contributed by atoms with Gasteiger partial charge in [0.15, 0.2) is 0 Å². The van der Waals surface area contributed by atoms with Crippen LogP contribution in [0.25, 0.3) is 0 Å². The van der Waals surface area contributed by atoms with Gasteiger partial charge in [-0.15, -0.1) is 11.8 Å². The summed E-state index contributed by atoms with van der Waals surface area (Å²) >= 11 is 1.44. The number of ketones is 1. The Bertz CT molecular complexity index is 923. The van der Waals surface area contributed by atoms with Crippen LogP contribution >= 0.6 is 11.8 Å². The van der Waals surface area contributed by atoms with Crippen LogP contribution in [0, 0.1) is 17.8 Å². The van der Waals surface area contributed by atoms with Gasteiger partial charge >= 0.3 is 5.97 Å². The lowest BCUT2D eigenvalue weighted by atomic mass is 9.73. The Morgan fingerprint density at radius 2 is 2.09 bits per heavy atom. The molecule has 3 aliphatic rings. The van der Waals surface area contributed by atoms with Crippen molar-refractivity contribution in [1.82, 2.24) is 20.3 Å². The van der Waals surface area contributed by atoms with E-state index in [0.717, 1.165) is 0 Å². The molecule has 6 N–H and O–H groups in total. The predicted molar refractivity (Wildman–Crippen MR) is 120 cm³/mol. The van der Waals surface area contributed by atoms with Crippen LogP contribution in [0.2, 0.25) is 0 Å². The number of hydrogen-bond donors (Lipinski definition) is 5. The molecule has 0 aromatic heterocycles. The van der Waals surface area contributed by atoms with E-state index in [-0.39, 0.29) is 72.0 Å². The van der Waals surface area contributed by atoms with E-state index < -0.39 is 16.2 Å². The lowest BCUT2D eigenvalue weighted by molar-refractivity contribution is -0.160. The molecule has 0 aliphatic carbocycles. The minimum absolute atomic E-state index is 0.0223. The van der Waals surface area contributed by atoms with E-state index in [0.29, 0.717) is 17.9 Å². The highest BCUT2D eigenvalue weighted by Crippen LogP contribution is 2.53. The highest BCUT2D eigenvalue weighted by Gasteiger charge is 2.60. The average Bonchev–Trinajstić information content (AvgIpc) is 3.22. The maximum absolute atomic E-state index is 12.9. The molecule has 3 rings (SSSR count). The van der Waals surface area contributed by atoms with Crippen molar-refractivity contribution in [3.8, 4) is 0 Å². The molecule has 2 fully saturated rings. The quantitative estimate of drug-likeness (QED) is 0.224. The van der Waals surface area contributed by atoms with E-state index >= 15 is 0 Å². The summed E-state index contributed by atoms with van der Waals surface area (Å²) in [6.07, 6.45) is 0.901. The van der Waals surface area contributed by atoms with Crippen LogP contribution in [-0.4, -0.2) is 80.1 Å². The van der Waals surface area contributed by atoms with Gasteiger partial charge in [0.05, 0.1) is 18.5 Å². The van der Waals surface area contributed by atoms with Crippen LogP contribution in [0.5, 0.6) is 0 Å². The number of carbonyl (C=O) groups excluding carboxylic acids is 2. The third kappa shape index (κ3) is 5.18. The molecule has 0 aromatic carbocycles. The van der Waals surface area contributed by atoms with Crippen LogP contribution in [-0.2, 0) is 24.6 Å². The zero-order valence-electron chi connectivity index (χ0n) is 18.3. The summed E-state index contributed by atoms with van der Waals surface area (Å²) in [7, 11) is -2.08. The Labute approximate surface area is 192 Å². The number of likely N-dealkylation sites (N-methyl/N-ethyl adjacent to an activating group) is 1. The Morgan fingerprint density at radius 1 is 1.41 bits per heavy atom. The second-order valence-electron chi connectivity index (χ2n) is 8.76. The lowest BCUT2D eigenvalue weighted by Gasteiger charge is -2.47. The number of aliphatic carboxylic acids is 1. The fourth-order valence-electron chi connectivity index (χ4n) is 4.95. The van der Waals surface area contributed by atoms with Crippen molar-refractivity contribution in [1.29, 1.82) is 0 Å². The molecule has 0 bridgehead atoms. The fraction of sp³-hybridized carbons (Fsp3) is 0.737. The standard InChI is InChI=1S/C19H31N5O6S2/c1-9(4-12(25)7-21-3)14-15-10(2)17(16(19(27)28)24(15)18(14)26)31-13-5-11(22-8-13)6-23-32(20,29)30/h9-11,13-15,21-23H,4-8H2,1-3H3,(H,27,28)(H2,20,29,30)/t9-,10+,11-,13-,14+,15+/m0/s1. The number of nitrogens with one attached hydrogen (secondary N) is 3. The number of carboxylic acid groups (broad SMARTS) is 1. The first-order valence-electron chi connectivity index (χ1n) is 10.6. The van der Waals surface area contributed by atoms with Crippen LogP contribution in [0.4, 0.5) is 0 Å². The van der Waals surface area contributed by atoms with Crippen molar-refractivity contribution in [2.75, 3.05) is 26.7 Å². The second-order valence-corrected chi connectivity index (χ2v) is 11.5. The molecule has 180 valence electrons. The zero-order valence-corrected chi connectivity index (χ0v) is 20.0. The number of carboxylic acids is 1. The van der Waals surface area contributed by atoms with E-state index in [2.05, 4.69) is 15.4 Å². The molecule has 0 spiro atoms. The number of β-lactam (4-membered cyclic amide) rings is 1. The molecule has 0 radical (unpaired) electrons. The molecule has 2 saturated heterocycles. The zero-order chi connectivity index (χ0) is 23.8. The van der Waals surface area contributed by atoms with Crippen molar-refractivity contribution >= 4 is 39.6 Å². The number of thioether (sulfide) groups is 1. The maximum atomic E-state index is 12.9. The first-order valence-corrected chi connectivity index (χ1v) is 13.0. The summed E-state index contributed by atoms with van der Waals surface area (Å²) in [5.41, 5.74) is 0.0358. The number of Topliss-reactive ketones (excluding diaryl/α,β-unsaturated/α-hetero) is 1. The molecule has 13 heteroatoms. The maximum Gasteiger partial charge on any atom is 0.353 e. The molecule has 3 heterocycles. The van der Waals surface area contributed by atoms with Crippen molar-refractivity contribution < 1.29 is 27.9 Å². The van der Waals surface area contributed by atoms with E-state index in [1.165, 1.54) is 16.7 Å². The summed E-state index contributed by atoms with van der Waals surface area (Å²) in [4.78, 5) is 39.0. The highest BCUT2D eigenvalue weighted by molar-refractivity contribution is 8.03. The minimum Gasteiger partial charge on any atom is -0.477 e. The fourth-order valence-corrected chi connectivity index (χ4v) is 6.90. The van der Waals surface area contributed by atoms with Gasteiger partial charge in [-0.3, -0.25) is 9.59 Å². The molecule has 11 nitrogen and oxygen atoms in total. The number of nitrogens with two attached hydrogens (primary N) is 1. The van der Waals surface area contributed by atoms with Crippen molar-refractivity contribution in [2.24, 2.45) is 22.9 Å². The van der Waals surface area contributed by atoms with Gasteiger partial charge in [-0.25, -0.2) is 14.7 Å². The third-order valence-electron chi connectivity index (χ3n) is 6.33. The van der Waals surface area contributed by atoms with Gasteiger partial charge in [0.2, 0.25) is 5.91 Å². The summed E-state index contributed by atoms with van der Waals surface area (Å²) in [5.74, 6) is -2.06. The molecule has 32 heavy (non-hydrogen) atoms. The molecule has 3 aliphatic heterocycles. The first kappa shape index (κ1) is 25.1. The van der Waals surface area contributed by atoms with Crippen LogP contribution in [0.15, 0.2) is 10.6 Å². The van der Waals surface area contributed by atoms with Gasteiger partial charge in [0.1, 0.15) is 11.5 Å². The van der Waals surface area contributed by atoms with Gasteiger partial charge in [-0.2, -0.15) is 8.42 Å². The number of amides is 1. The second kappa shape index (κ2) is 9.77. The van der Waals surface area contributed by atoms with E-state index in [4.69, 9.17) is 5.14 Å². The highest BCUT2D eigenvalue weighted by atomic mass is 32.2. The SMILES string of the molecule is CNCC(=O)C[C@H](C)[C@H]1C(=O)N2C(C(=O)O)=C(S[C@@H]3CN[C@H](CNS(N)(=O)=O)C3)[C@H](C)[C@H]12. The first-order chi connectivity index (χ1) is 14.9. The van der Waals surface area contributed by atoms with Crippen LogP contribution in [0.1, 0.15) is 26.7 Å². The van der Waals surface area contributed by atoms with Gasteiger partial charge in [-0.1, -0.05) is 13.8 Å². The van der Waals surface area contributed by atoms with Crippen LogP contribution < -0.4 is 20.5 Å². The Hall–Kier alpha value is -1.51. The molecule has 6 atom stereocenters. The predicted octanol–water partition coefficient (Wildman–Crippen LogP) is -1.17. The molecule has 0 aromatic rings. The average molecular weight is 490 g/mol. The van der Waals surface area contributed by atoms with Gasteiger partial charge in [0.25, 0.3) is 10.2 Å². The van der Waals surface area contributed by atoms with E-state index in [9.17, 15) is 27.9 Å². The summed E-state index contributed by atoms with van der Waals surface area (Å²) < 4.78 is 24.5. The smallest absolute Gasteiger partial charge is 0.353 e. The third-order valence-corrected chi connectivity index (χ3v) is 8.41. The Kier molecular flexibility index (Phi) is 7.67. The topological polar surface area (TPSA) is 171 Å². The number of hydrogen-bond acceptors (Lipinski definition) is 8. The van der Waals surface area contributed by atoms with Crippen LogP contribution in [0.3, 0.4) is 0 Å². The minimum atomic E-state index is -3.78.